The summed E-state index contributed by atoms with van der Waals surface area (Å²) < 4.78 is 0. The van der Waals surface area contributed by atoms with Crippen LogP contribution in [0.1, 0.15) is 27.2 Å². The molecule has 0 spiro atoms. The van der Waals surface area contributed by atoms with Crippen LogP contribution in [0.4, 0.5) is 0 Å². The maximum Gasteiger partial charge on any atom is 0.0110 e. The first-order chi connectivity index (χ1) is 7.65. The molecule has 0 aromatic carbocycles. The van der Waals surface area contributed by atoms with Crippen LogP contribution in [0.15, 0.2) is 0 Å². The third-order valence-electron chi connectivity index (χ3n) is 3.70. The second kappa shape index (κ2) is 7.25. The normalized spacial score (nSPS) is 23.2. The Labute approximate surface area is 101 Å². The number of nitrogens with zero attached hydrogens (tertiary/aromatic N) is 2. The second-order valence-electron chi connectivity index (χ2n) is 5.46. The fourth-order valence-electron chi connectivity index (χ4n) is 2.24. The summed E-state index contributed by atoms with van der Waals surface area (Å²) in [5, 5.41) is 0. The van der Waals surface area contributed by atoms with Gasteiger partial charge in [-0.15, -0.1) is 0 Å². The van der Waals surface area contributed by atoms with E-state index < -0.39 is 0 Å². The van der Waals surface area contributed by atoms with E-state index in [2.05, 4.69) is 30.6 Å². The van der Waals surface area contributed by atoms with Crippen molar-refractivity contribution in [3.8, 4) is 0 Å². The number of piperazine rings is 1. The summed E-state index contributed by atoms with van der Waals surface area (Å²) in [4.78, 5) is 5.17. The van der Waals surface area contributed by atoms with Crippen LogP contribution < -0.4 is 5.73 Å². The first-order valence-electron chi connectivity index (χ1n) is 6.80. The highest BCUT2D eigenvalue weighted by Gasteiger charge is 2.18. The Bertz CT molecular complexity index is 156. The van der Waals surface area contributed by atoms with Crippen LogP contribution >= 0.6 is 0 Å². The van der Waals surface area contributed by atoms with E-state index in [0.29, 0.717) is 5.92 Å². The minimum absolute atomic E-state index is 0.640. The smallest absolute Gasteiger partial charge is 0.0110 e. The van der Waals surface area contributed by atoms with Crippen molar-refractivity contribution >= 4 is 0 Å². The van der Waals surface area contributed by atoms with Crippen molar-refractivity contribution in [2.45, 2.75) is 27.2 Å². The average Bonchev–Trinajstić information content (AvgIpc) is 2.31. The molecule has 2 unspecified atom stereocenters. The van der Waals surface area contributed by atoms with E-state index in [1.165, 1.54) is 45.7 Å². The molecule has 0 radical (unpaired) electrons. The molecule has 0 aromatic heterocycles. The first-order valence-corrected chi connectivity index (χ1v) is 6.80. The molecule has 0 aliphatic carbocycles. The summed E-state index contributed by atoms with van der Waals surface area (Å²) in [6.07, 6.45) is 1.30. The zero-order valence-electron chi connectivity index (χ0n) is 11.3. The van der Waals surface area contributed by atoms with Crippen LogP contribution in [-0.2, 0) is 0 Å². The van der Waals surface area contributed by atoms with Crippen molar-refractivity contribution in [1.29, 1.82) is 0 Å². The third-order valence-corrected chi connectivity index (χ3v) is 3.70. The molecule has 0 amide bonds. The molecule has 16 heavy (non-hydrogen) atoms. The van der Waals surface area contributed by atoms with Gasteiger partial charge in [-0.2, -0.15) is 0 Å². The van der Waals surface area contributed by atoms with Crippen molar-refractivity contribution in [2.75, 3.05) is 45.8 Å². The van der Waals surface area contributed by atoms with Crippen LogP contribution in [0.25, 0.3) is 0 Å². The number of hydrogen-bond donors (Lipinski definition) is 1. The third kappa shape index (κ3) is 4.81. The molecule has 1 rings (SSSR count). The Morgan fingerprint density at radius 1 is 0.938 bits per heavy atom. The zero-order chi connectivity index (χ0) is 12.0. The van der Waals surface area contributed by atoms with Gasteiger partial charge in [-0.05, 0) is 18.4 Å². The topological polar surface area (TPSA) is 32.5 Å². The van der Waals surface area contributed by atoms with Gasteiger partial charge in [0.15, 0.2) is 0 Å². The number of nitrogens with two attached hydrogens (primary N) is 1. The van der Waals surface area contributed by atoms with E-state index in [-0.39, 0.29) is 0 Å². The molecule has 0 aromatic rings. The lowest BCUT2D eigenvalue weighted by Gasteiger charge is -2.36. The molecule has 1 fully saturated rings. The molecule has 1 heterocycles. The van der Waals surface area contributed by atoms with Gasteiger partial charge in [0, 0.05) is 39.3 Å². The molecule has 3 nitrogen and oxygen atoms in total. The second-order valence-corrected chi connectivity index (χ2v) is 5.46. The molecular formula is C13H29N3. The first kappa shape index (κ1) is 13.9. The van der Waals surface area contributed by atoms with E-state index in [1.807, 2.05) is 0 Å². The largest absolute Gasteiger partial charge is 0.330 e. The summed E-state index contributed by atoms with van der Waals surface area (Å²) in [5.41, 5.74) is 5.66. The standard InChI is InChI=1S/C13H29N3/c1-4-12(2)10-15-5-7-16(8-6-15)11-13(3)9-14/h12-13H,4-11,14H2,1-3H3. The Hall–Kier alpha value is -0.120. The maximum atomic E-state index is 5.66. The van der Waals surface area contributed by atoms with Crippen LogP contribution in [-0.4, -0.2) is 55.6 Å². The fourth-order valence-corrected chi connectivity index (χ4v) is 2.24. The Kier molecular flexibility index (Phi) is 6.32. The summed E-state index contributed by atoms with van der Waals surface area (Å²) in [5.74, 6) is 1.48. The van der Waals surface area contributed by atoms with Gasteiger partial charge in [0.2, 0.25) is 0 Å². The van der Waals surface area contributed by atoms with Crippen molar-refractivity contribution in [3.63, 3.8) is 0 Å². The maximum absolute atomic E-state index is 5.66. The lowest BCUT2D eigenvalue weighted by molar-refractivity contribution is 0.109. The van der Waals surface area contributed by atoms with E-state index in [0.717, 1.165) is 12.5 Å². The van der Waals surface area contributed by atoms with Crippen molar-refractivity contribution < 1.29 is 0 Å². The molecule has 2 N–H and O–H groups in total. The highest BCUT2D eigenvalue weighted by atomic mass is 15.3. The molecule has 1 aliphatic heterocycles. The molecule has 0 saturated carbocycles. The van der Waals surface area contributed by atoms with E-state index >= 15 is 0 Å². The van der Waals surface area contributed by atoms with E-state index in [4.69, 9.17) is 5.73 Å². The Morgan fingerprint density at radius 3 is 1.75 bits per heavy atom. The Balaban J connectivity index is 2.18. The zero-order valence-corrected chi connectivity index (χ0v) is 11.3. The predicted octanol–water partition coefficient (Wildman–Crippen LogP) is 1.24. The average molecular weight is 227 g/mol. The van der Waals surface area contributed by atoms with Crippen LogP contribution in [0, 0.1) is 11.8 Å². The predicted molar refractivity (Wildman–Crippen MR) is 70.6 cm³/mol. The highest BCUT2D eigenvalue weighted by molar-refractivity contribution is 4.74. The molecule has 1 aliphatic rings. The summed E-state index contributed by atoms with van der Waals surface area (Å²) in [7, 11) is 0. The highest BCUT2D eigenvalue weighted by Crippen LogP contribution is 2.09. The van der Waals surface area contributed by atoms with Crippen molar-refractivity contribution in [3.05, 3.63) is 0 Å². The van der Waals surface area contributed by atoms with Crippen molar-refractivity contribution in [2.24, 2.45) is 17.6 Å². The molecule has 3 heteroatoms. The van der Waals surface area contributed by atoms with Gasteiger partial charge in [0.25, 0.3) is 0 Å². The summed E-state index contributed by atoms with van der Waals surface area (Å²) in [6, 6.07) is 0. The molecular weight excluding hydrogens is 198 g/mol. The van der Waals surface area contributed by atoms with Gasteiger partial charge in [-0.3, -0.25) is 0 Å². The van der Waals surface area contributed by atoms with E-state index in [9.17, 15) is 0 Å². The lowest BCUT2D eigenvalue weighted by Crippen LogP contribution is -2.49. The van der Waals surface area contributed by atoms with Gasteiger partial charge < -0.3 is 15.5 Å². The fraction of sp³-hybridized carbons (Fsp3) is 1.00. The minimum Gasteiger partial charge on any atom is -0.330 e. The van der Waals surface area contributed by atoms with Crippen LogP contribution in [0.5, 0.6) is 0 Å². The molecule has 2 atom stereocenters. The molecule has 0 bridgehead atoms. The van der Waals surface area contributed by atoms with Gasteiger partial charge in [0.05, 0.1) is 0 Å². The SMILES string of the molecule is CCC(C)CN1CCN(CC(C)CN)CC1. The minimum atomic E-state index is 0.640. The van der Waals surface area contributed by atoms with Gasteiger partial charge in [-0.1, -0.05) is 27.2 Å². The monoisotopic (exact) mass is 227 g/mol. The van der Waals surface area contributed by atoms with Crippen LogP contribution in [0.3, 0.4) is 0 Å². The summed E-state index contributed by atoms with van der Waals surface area (Å²) >= 11 is 0. The van der Waals surface area contributed by atoms with E-state index in [1.54, 1.807) is 0 Å². The molecule has 1 saturated heterocycles. The quantitative estimate of drug-likeness (QED) is 0.741. The van der Waals surface area contributed by atoms with Gasteiger partial charge in [0.1, 0.15) is 0 Å². The van der Waals surface area contributed by atoms with Gasteiger partial charge >= 0.3 is 0 Å². The number of hydrogen-bond acceptors (Lipinski definition) is 3. The van der Waals surface area contributed by atoms with Crippen molar-refractivity contribution in [1.82, 2.24) is 9.80 Å². The Morgan fingerprint density at radius 2 is 1.38 bits per heavy atom. The molecule has 96 valence electrons. The van der Waals surface area contributed by atoms with Gasteiger partial charge in [-0.25, -0.2) is 0 Å². The number of rotatable bonds is 6. The summed E-state index contributed by atoms with van der Waals surface area (Å²) in [6.45, 7) is 15.1. The van der Waals surface area contributed by atoms with Crippen LogP contribution in [0.2, 0.25) is 0 Å². The lowest BCUT2D eigenvalue weighted by atomic mass is 10.1.